The van der Waals surface area contributed by atoms with Crippen molar-refractivity contribution in [3.63, 3.8) is 0 Å². The van der Waals surface area contributed by atoms with Gasteiger partial charge in [0.1, 0.15) is 4.90 Å². The fraction of sp³-hybridized carbons (Fsp3) is 0.657. The summed E-state index contributed by atoms with van der Waals surface area (Å²) in [4.78, 5) is 43.8. The number of ether oxygens (including phenoxy) is 2. The molecule has 4 aliphatic heterocycles. The smallest absolute Gasteiger partial charge is 0.309 e. The molecule has 444 valence electrons. The van der Waals surface area contributed by atoms with Gasteiger partial charge >= 0.3 is 5.97 Å². The largest absolute Gasteiger partial charge is 0.481 e. The summed E-state index contributed by atoms with van der Waals surface area (Å²) < 4.78 is 50.6. The van der Waals surface area contributed by atoms with Crippen LogP contribution < -0.4 is 5.32 Å². The molecule has 8 aliphatic rings. The van der Waals surface area contributed by atoms with E-state index >= 15 is 0 Å². The molecule has 4 aromatic heterocycles. The van der Waals surface area contributed by atoms with Gasteiger partial charge in [-0.25, -0.2) is 8.42 Å². The number of piperidine rings is 2. The van der Waals surface area contributed by atoms with E-state index in [0.717, 1.165) is 125 Å². The van der Waals surface area contributed by atoms with Crippen LogP contribution in [0.2, 0.25) is 0 Å². The maximum atomic E-state index is 14.8. The standard InChI is InChI=1S/C67H92N6O8S/c1-44-51(39-55(73(44)42-46-16-10-8-11-17-46)56-41-58(53-18-12-15-31-71(53)56)82(78,79)70-29-13-9-14-30-70)61(74)68-50-23-34-80-57(38-50)48-21-19-47(20-22-48)43-72-45(2)52(62(75)69-32-26-65(6,27-33-69)63(76)77)40-54(72)49-36-59(64(3,4)5)66(7)60(37-49)67(24-25-67)28-35-81-66/h12,15,18,31,36-37,39-41,46-48,50,57,59H,8-11,13-14,16-17,19-30,32-35,38,42-43H2,1-7H3,(H,68,74)(H,76,77). The number of aromatic nitrogens is 3. The molecule has 4 aromatic rings. The number of sulfonamides is 1. The second kappa shape index (κ2) is 22.1. The summed E-state index contributed by atoms with van der Waals surface area (Å²) in [6.07, 6.45) is 25.5. The van der Waals surface area contributed by atoms with Crippen molar-refractivity contribution in [2.45, 2.75) is 206 Å². The van der Waals surface area contributed by atoms with Crippen molar-refractivity contribution in [2.75, 3.05) is 39.4 Å². The maximum absolute atomic E-state index is 14.8. The number of carbonyl (C=O) groups excluding carboxylic acids is 2. The average molecular weight is 1140 g/mol. The maximum Gasteiger partial charge on any atom is 0.309 e. The third kappa shape index (κ3) is 10.6. The molecule has 3 saturated carbocycles. The summed E-state index contributed by atoms with van der Waals surface area (Å²) in [7, 11) is -3.74. The second-order valence-electron chi connectivity index (χ2n) is 28.1. The molecule has 82 heavy (non-hydrogen) atoms. The minimum absolute atomic E-state index is 0.0114. The minimum atomic E-state index is -3.74. The lowest BCUT2D eigenvalue weighted by Gasteiger charge is -2.52. The van der Waals surface area contributed by atoms with Gasteiger partial charge in [0.05, 0.1) is 45.2 Å². The Morgan fingerprint density at radius 1 is 0.744 bits per heavy atom. The van der Waals surface area contributed by atoms with E-state index in [1.807, 2.05) is 45.8 Å². The van der Waals surface area contributed by atoms with Crippen LogP contribution in [0.4, 0.5) is 0 Å². The van der Waals surface area contributed by atoms with Gasteiger partial charge in [0.15, 0.2) is 0 Å². The number of carbonyl (C=O) groups is 3. The molecular weight excluding hydrogens is 1050 g/mol. The summed E-state index contributed by atoms with van der Waals surface area (Å²) in [6.45, 7) is 20.1. The summed E-state index contributed by atoms with van der Waals surface area (Å²) in [5.74, 6) is 0.496. The molecule has 7 fully saturated rings. The van der Waals surface area contributed by atoms with Gasteiger partial charge in [-0.3, -0.25) is 14.4 Å². The molecule has 2 N–H and O–H groups in total. The van der Waals surface area contributed by atoms with Crippen LogP contribution >= 0.6 is 0 Å². The predicted octanol–water partition coefficient (Wildman–Crippen LogP) is 12.6. The van der Waals surface area contributed by atoms with Crippen LogP contribution in [0.25, 0.3) is 22.5 Å². The zero-order valence-corrected chi connectivity index (χ0v) is 51.0. The second-order valence-corrected chi connectivity index (χ2v) is 30.1. The van der Waals surface area contributed by atoms with E-state index in [1.165, 1.54) is 43.3 Å². The van der Waals surface area contributed by atoms with Crippen LogP contribution in [-0.2, 0) is 37.4 Å². The van der Waals surface area contributed by atoms with Crippen LogP contribution in [0.5, 0.6) is 0 Å². The summed E-state index contributed by atoms with van der Waals surface area (Å²) in [6, 6.07) is 11.8. The van der Waals surface area contributed by atoms with Gasteiger partial charge < -0.3 is 38.3 Å². The summed E-state index contributed by atoms with van der Waals surface area (Å²) in [5, 5.41) is 13.5. The van der Waals surface area contributed by atoms with Gasteiger partial charge in [0.25, 0.3) is 11.8 Å². The van der Waals surface area contributed by atoms with Crippen molar-refractivity contribution in [1.29, 1.82) is 0 Å². The highest BCUT2D eigenvalue weighted by atomic mass is 32.2. The number of pyridine rings is 1. The number of fused-ring (bicyclic) bond motifs is 3. The van der Waals surface area contributed by atoms with E-state index in [4.69, 9.17) is 9.47 Å². The number of allylic oxidation sites excluding steroid dienone is 2. The SMILES string of the molecule is Cc1c(C(=O)N2CCC(C)(C(=O)O)CC2)cc(C2=CC(C(C)(C)C)C3(C)OCCC4(CC4)C3=C2)n1CC1CCC(C2CC(NC(=O)c3cc(-c4cc(S(=O)(=O)N5CCCCC5)c5ccccn45)n(CC4CCCCC4)c3C)CCO2)CC1. The van der Waals surface area contributed by atoms with E-state index in [1.54, 1.807) is 11.2 Å². The molecular formula is C67H92N6O8S. The molecule has 8 heterocycles. The molecule has 0 bridgehead atoms. The lowest BCUT2D eigenvalue weighted by Crippen LogP contribution is -2.51. The molecule has 0 radical (unpaired) electrons. The van der Waals surface area contributed by atoms with Crippen molar-refractivity contribution in [3.8, 4) is 11.4 Å². The van der Waals surface area contributed by atoms with E-state index in [-0.39, 0.29) is 46.3 Å². The van der Waals surface area contributed by atoms with Crippen LogP contribution in [-0.4, -0.2) is 111 Å². The van der Waals surface area contributed by atoms with Crippen LogP contribution in [0.3, 0.4) is 0 Å². The summed E-state index contributed by atoms with van der Waals surface area (Å²) >= 11 is 0. The van der Waals surface area contributed by atoms with Crippen molar-refractivity contribution in [1.82, 2.24) is 28.1 Å². The third-order valence-electron chi connectivity index (χ3n) is 21.8. The Kier molecular flexibility index (Phi) is 15.5. The number of nitrogens with one attached hydrogen (secondary N) is 1. The Bertz CT molecular complexity index is 3270. The number of likely N-dealkylation sites (tertiary alicyclic amines) is 1. The number of rotatable bonds is 13. The highest BCUT2D eigenvalue weighted by Crippen LogP contribution is 2.65. The quantitative estimate of drug-likeness (QED) is 0.134. The molecule has 4 saturated heterocycles. The molecule has 4 atom stereocenters. The predicted molar refractivity (Wildman–Crippen MR) is 320 cm³/mol. The molecule has 0 aromatic carbocycles. The fourth-order valence-corrected chi connectivity index (χ4v) is 18.1. The lowest BCUT2D eigenvalue weighted by molar-refractivity contribution is -0.150. The molecule has 15 heteroatoms. The number of hydrogen-bond donors (Lipinski definition) is 2. The van der Waals surface area contributed by atoms with Crippen molar-refractivity contribution >= 4 is 38.9 Å². The minimum Gasteiger partial charge on any atom is -0.481 e. The molecule has 12 rings (SSSR count). The van der Waals surface area contributed by atoms with Gasteiger partial charge in [0.2, 0.25) is 10.0 Å². The molecule has 4 aliphatic carbocycles. The van der Waals surface area contributed by atoms with E-state index in [2.05, 4.69) is 74.2 Å². The molecule has 4 unspecified atom stereocenters. The van der Waals surface area contributed by atoms with Gasteiger partial charge in [-0.2, -0.15) is 4.31 Å². The zero-order chi connectivity index (χ0) is 57.5. The molecule has 2 amide bonds. The van der Waals surface area contributed by atoms with E-state index in [9.17, 15) is 27.9 Å². The fourth-order valence-electron chi connectivity index (χ4n) is 16.4. The highest BCUT2D eigenvalue weighted by molar-refractivity contribution is 7.89. The van der Waals surface area contributed by atoms with Gasteiger partial charge in [-0.05, 0) is 194 Å². The normalized spacial score (nSPS) is 28.1. The van der Waals surface area contributed by atoms with Gasteiger partial charge in [-0.15, -0.1) is 0 Å². The van der Waals surface area contributed by atoms with E-state index < -0.39 is 21.4 Å². The number of nitrogens with zero attached hydrogens (tertiary/aromatic N) is 5. The Morgan fingerprint density at radius 3 is 2.09 bits per heavy atom. The molecule has 1 spiro atoms. The highest BCUT2D eigenvalue weighted by Gasteiger charge is 2.59. The number of amides is 2. The van der Waals surface area contributed by atoms with Gasteiger partial charge in [-0.1, -0.05) is 64.7 Å². The molecule has 14 nitrogen and oxygen atoms in total. The number of carboxylic acid groups (broad SMARTS) is 1. The zero-order valence-electron chi connectivity index (χ0n) is 50.2. The Hall–Kier alpha value is -4.96. The first kappa shape index (κ1) is 57.5. The van der Waals surface area contributed by atoms with Crippen LogP contribution in [0.15, 0.2) is 65.2 Å². The first-order valence-electron chi connectivity index (χ1n) is 31.7. The van der Waals surface area contributed by atoms with Crippen LogP contribution in [0.1, 0.15) is 194 Å². The number of aliphatic carboxylic acids is 1. The summed E-state index contributed by atoms with van der Waals surface area (Å²) in [5.41, 5.74) is 8.16. The first-order valence-corrected chi connectivity index (χ1v) is 33.2. The van der Waals surface area contributed by atoms with Crippen LogP contribution in [0, 0.1) is 53.8 Å². The first-order chi connectivity index (χ1) is 39.2. The Morgan fingerprint density at radius 2 is 1.40 bits per heavy atom. The number of carboxylic acids is 1. The van der Waals surface area contributed by atoms with Crippen molar-refractivity contribution < 1.29 is 37.4 Å². The van der Waals surface area contributed by atoms with Crippen molar-refractivity contribution in [3.05, 3.63) is 88.5 Å². The Balaban J connectivity index is 0.768. The topological polar surface area (TPSA) is 157 Å². The third-order valence-corrected chi connectivity index (χ3v) is 23.7. The number of hydrogen-bond acceptors (Lipinski definition) is 7. The van der Waals surface area contributed by atoms with Gasteiger partial charge in [0, 0.05) is 87.7 Å². The average Bonchev–Trinajstić information content (AvgIpc) is 2.76. The monoisotopic (exact) mass is 1140 g/mol. The van der Waals surface area contributed by atoms with Crippen molar-refractivity contribution in [2.24, 2.45) is 39.9 Å². The lowest BCUT2D eigenvalue weighted by atomic mass is 9.61. The van der Waals surface area contributed by atoms with E-state index in [0.29, 0.717) is 84.9 Å². The Labute approximate surface area is 487 Å².